The molecule has 1 unspecified atom stereocenters. The molecular formula is C21H23F2N3O4. The Morgan fingerprint density at radius 1 is 1.10 bits per heavy atom. The van der Waals surface area contributed by atoms with Gasteiger partial charge in [0.05, 0.1) is 17.9 Å². The second-order valence-corrected chi connectivity index (χ2v) is 7.35. The van der Waals surface area contributed by atoms with Crippen LogP contribution in [0.1, 0.15) is 40.6 Å². The van der Waals surface area contributed by atoms with Crippen molar-refractivity contribution in [2.24, 2.45) is 0 Å². The summed E-state index contributed by atoms with van der Waals surface area (Å²) in [5.41, 5.74) is 1.12. The number of halogens is 2. The molecule has 1 aromatic carbocycles. The Bertz CT molecular complexity index is 909. The van der Waals surface area contributed by atoms with E-state index in [-0.39, 0.29) is 29.3 Å². The van der Waals surface area contributed by atoms with Crippen LogP contribution in [0.4, 0.5) is 13.6 Å². The van der Waals surface area contributed by atoms with Crippen molar-refractivity contribution in [2.75, 3.05) is 26.2 Å². The quantitative estimate of drug-likeness (QED) is 0.824. The molecule has 30 heavy (non-hydrogen) atoms. The summed E-state index contributed by atoms with van der Waals surface area (Å²) in [5.74, 6) is 0.388. The van der Waals surface area contributed by atoms with Crippen LogP contribution in [0, 0.1) is 0 Å². The first-order valence-corrected chi connectivity index (χ1v) is 9.97. The standard InChI is InChI=1S/C21H23F2N3O4/c22-20(23)30-18-6-2-1-4-15(18)19(27)25-9-11-26(12-10-25)21(28)24-16-5-3-7-17-14(16)8-13-29-17/h1-2,4,6,8,13,16,20H,3,5,7,9-12H2,(H,24,28). The zero-order chi connectivity index (χ0) is 21.1. The van der Waals surface area contributed by atoms with Crippen LogP contribution in [0.3, 0.4) is 0 Å². The molecule has 2 aliphatic rings. The van der Waals surface area contributed by atoms with Gasteiger partial charge in [-0.3, -0.25) is 4.79 Å². The first-order chi connectivity index (χ1) is 14.5. The van der Waals surface area contributed by atoms with Gasteiger partial charge in [0, 0.05) is 38.2 Å². The molecule has 7 nitrogen and oxygen atoms in total. The molecular weight excluding hydrogens is 396 g/mol. The second kappa shape index (κ2) is 8.73. The molecule has 1 fully saturated rings. The fraction of sp³-hybridized carbons (Fsp3) is 0.429. The zero-order valence-corrected chi connectivity index (χ0v) is 16.4. The average molecular weight is 419 g/mol. The number of fused-ring (bicyclic) bond motifs is 1. The summed E-state index contributed by atoms with van der Waals surface area (Å²) in [4.78, 5) is 28.7. The van der Waals surface area contributed by atoms with Gasteiger partial charge < -0.3 is 24.3 Å². The summed E-state index contributed by atoms with van der Waals surface area (Å²) in [5, 5.41) is 3.06. The number of amides is 3. The van der Waals surface area contributed by atoms with Gasteiger partial charge in [-0.2, -0.15) is 8.78 Å². The van der Waals surface area contributed by atoms with Crippen LogP contribution in [-0.4, -0.2) is 54.5 Å². The third-order valence-corrected chi connectivity index (χ3v) is 5.54. The Morgan fingerprint density at radius 3 is 2.60 bits per heavy atom. The molecule has 1 saturated heterocycles. The lowest BCUT2D eigenvalue weighted by Gasteiger charge is -2.36. The lowest BCUT2D eigenvalue weighted by molar-refractivity contribution is -0.0503. The van der Waals surface area contributed by atoms with Gasteiger partial charge in [-0.1, -0.05) is 12.1 Å². The Morgan fingerprint density at radius 2 is 1.83 bits per heavy atom. The van der Waals surface area contributed by atoms with Crippen LogP contribution >= 0.6 is 0 Å². The van der Waals surface area contributed by atoms with Gasteiger partial charge in [-0.15, -0.1) is 0 Å². The third-order valence-electron chi connectivity index (χ3n) is 5.54. The first kappa shape index (κ1) is 20.2. The number of hydrogen-bond donors (Lipinski definition) is 1. The fourth-order valence-corrected chi connectivity index (χ4v) is 4.00. The summed E-state index contributed by atoms with van der Waals surface area (Å²) < 4.78 is 35.1. The number of nitrogens with zero attached hydrogens (tertiary/aromatic N) is 2. The highest BCUT2D eigenvalue weighted by Gasteiger charge is 2.29. The molecule has 1 aliphatic heterocycles. The summed E-state index contributed by atoms with van der Waals surface area (Å²) in [6.45, 7) is -1.65. The molecule has 160 valence electrons. The zero-order valence-electron chi connectivity index (χ0n) is 16.4. The topological polar surface area (TPSA) is 75.0 Å². The van der Waals surface area contributed by atoms with Crippen LogP contribution in [-0.2, 0) is 6.42 Å². The average Bonchev–Trinajstić information content (AvgIpc) is 3.23. The molecule has 9 heteroatoms. The van der Waals surface area contributed by atoms with Gasteiger partial charge in [0.15, 0.2) is 0 Å². The molecule has 1 aliphatic carbocycles. The normalized spacial score (nSPS) is 18.8. The number of ether oxygens (including phenoxy) is 1. The van der Waals surface area contributed by atoms with Crippen molar-refractivity contribution in [1.82, 2.24) is 15.1 Å². The Labute approximate surface area is 172 Å². The fourth-order valence-electron chi connectivity index (χ4n) is 4.00. The minimum atomic E-state index is -3.00. The van der Waals surface area contributed by atoms with E-state index in [1.807, 2.05) is 6.07 Å². The number of carbonyl (C=O) groups excluding carboxylic acids is 2. The van der Waals surface area contributed by atoms with Crippen LogP contribution in [0.5, 0.6) is 5.75 Å². The van der Waals surface area contributed by atoms with Crippen molar-refractivity contribution < 1.29 is 27.5 Å². The molecule has 2 heterocycles. The van der Waals surface area contributed by atoms with Gasteiger partial charge in [-0.25, -0.2) is 4.79 Å². The van der Waals surface area contributed by atoms with E-state index in [1.165, 1.54) is 18.2 Å². The molecule has 1 atom stereocenters. The van der Waals surface area contributed by atoms with Crippen molar-refractivity contribution >= 4 is 11.9 Å². The number of hydrogen-bond acceptors (Lipinski definition) is 4. The largest absolute Gasteiger partial charge is 0.469 e. The van der Waals surface area contributed by atoms with Crippen molar-refractivity contribution in [3.8, 4) is 5.75 Å². The number of nitrogens with one attached hydrogen (secondary N) is 1. The number of aryl methyl sites for hydroxylation is 1. The second-order valence-electron chi connectivity index (χ2n) is 7.35. The Balaban J connectivity index is 1.34. The number of para-hydroxylation sites is 1. The number of benzene rings is 1. The predicted octanol–water partition coefficient (Wildman–Crippen LogP) is 3.43. The first-order valence-electron chi connectivity index (χ1n) is 9.97. The number of carbonyl (C=O) groups is 2. The molecule has 0 saturated carbocycles. The van der Waals surface area contributed by atoms with Crippen LogP contribution in [0.2, 0.25) is 0 Å². The van der Waals surface area contributed by atoms with E-state index in [0.29, 0.717) is 26.2 Å². The number of alkyl halides is 2. The Hall–Kier alpha value is -3.10. The Kier molecular flexibility index (Phi) is 5.87. The summed E-state index contributed by atoms with van der Waals surface area (Å²) in [6.07, 6.45) is 4.34. The van der Waals surface area contributed by atoms with E-state index >= 15 is 0 Å². The van der Waals surface area contributed by atoms with E-state index in [4.69, 9.17) is 4.42 Å². The smallest absolute Gasteiger partial charge is 0.387 e. The highest BCUT2D eigenvalue weighted by atomic mass is 19.3. The molecule has 2 aromatic rings. The van der Waals surface area contributed by atoms with Crippen molar-refractivity contribution in [2.45, 2.75) is 31.9 Å². The van der Waals surface area contributed by atoms with Gasteiger partial charge in [0.1, 0.15) is 11.5 Å². The maximum Gasteiger partial charge on any atom is 0.387 e. The molecule has 0 bridgehead atoms. The maximum absolute atomic E-state index is 12.8. The summed E-state index contributed by atoms with van der Waals surface area (Å²) >= 11 is 0. The maximum atomic E-state index is 12.8. The van der Waals surface area contributed by atoms with E-state index in [9.17, 15) is 18.4 Å². The predicted molar refractivity (Wildman–Crippen MR) is 103 cm³/mol. The van der Waals surface area contributed by atoms with Gasteiger partial charge in [0.2, 0.25) is 0 Å². The summed E-state index contributed by atoms with van der Waals surface area (Å²) in [7, 11) is 0. The monoisotopic (exact) mass is 419 g/mol. The molecule has 3 amide bonds. The van der Waals surface area contributed by atoms with E-state index in [2.05, 4.69) is 10.1 Å². The molecule has 1 N–H and O–H groups in total. The minimum Gasteiger partial charge on any atom is -0.469 e. The van der Waals surface area contributed by atoms with Crippen molar-refractivity contribution in [3.05, 3.63) is 53.5 Å². The number of rotatable bonds is 4. The van der Waals surface area contributed by atoms with Crippen molar-refractivity contribution in [3.63, 3.8) is 0 Å². The lowest BCUT2D eigenvalue weighted by Crippen LogP contribution is -2.53. The van der Waals surface area contributed by atoms with Crippen LogP contribution in [0.25, 0.3) is 0 Å². The molecule has 0 radical (unpaired) electrons. The minimum absolute atomic E-state index is 0.0713. The van der Waals surface area contributed by atoms with Crippen LogP contribution in [0.15, 0.2) is 41.0 Å². The molecule has 0 spiro atoms. The number of piperazine rings is 1. The third kappa shape index (κ3) is 4.24. The van der Waals surface area contributed by atoms with E-state index in [0.717, 1.165) is 30.6 Å². The van der Waals surface area contributed by atoms with Gasteiger partial charge in [0.25, 0.3) is 5.91 Å². The molecule has 1 aromatic heterocycles. The number of furan rings is 1. The van der Waals surface area contributed by atoms with E-state index < -0.39 is 6.61 Å². The van der Waals surface area contributed by atoms with Gasteiger partial charge in [-0.05, 0) is 31.0 Å². The van der Waals surface area contributed by atoms with Crippen molar-refractivity contribution in [1.29, 1.82) is 0 Å². The highest BCUT2D eigenvalue weighted by Crippen LogP contribution is 2.30. The summed E-state index contributed by atoms with van der Waals surface area (Å²) in [6, 6.07) is 7.59. The lowest BCUT2D eigenvalue weighted by atomic mass is 9.93. The molecule has 4 rings (SSSR count). The SMILES string of the molecule is O=C(NC1CCCc2occc21)N1CCN(C(=O)c2ccccc2OC(F)F)CC1. The van der Waals surface area contributed by atoms with Gasteiger partial charge >= 0.3 is 12.6 Å². The van der Waals surface area contributed by atoms with E-state index in [1.54, 1.807) is 22.1 Å². The highest BCUT2D eigenvalue weighted by molar-refractivity contribution is 5.97. The number of urea groups is 1. The van der Waals surface area contributed by atoms with Crippen LogP contribution < -0.4 is 10.1 Å².